The Morgan fingerprint density at radius 3 is 2.61 bits per heavy atom. The van der Waals surface area contributed by atoms with Gasteiger partial charge in [-0.25, -0.2) is 4.57 Å². The first-order valence-corrected chi connectivity index (χ1v) is 7.25. The van der Waals surface area contributed by atoms with Gasteiger partial charge in [-0.15, -0.1) is 0 Å². The monoisotopic (exact) mass is 314 g/mol. The molecule has 1 amide bonds. The number of nitrogens with zero attached hydrogens (tertiary/aromatic N) is 1. The van der Waals surface area contributed by atoms with Gasteiger partial charge in [-0.1, -0.05) is 0 Å². The van der Waals surface area contributed by atoms with Crippen molar-refractivity contribution in [3.8, 4) is 5.75 Å². The number of aromatic carboxylic acids is 1. The maximum atomic E-state index is 10.9. The van der Waals surface area contributed by atoms with Gasteiger partial charge in [-0.2, -0.15) is 0 Å². The van der Waals surface area contributed by atoms with Crippen LogP contribution in [0.5, 0.6) is 5.75 Å². The van der Waals surface area contributed by atoms with Crippen LogP contribution in [0.15, 0.2) is 48.8 Å². The second-order valence-corrected chi connectivity index (χ2v) is 5.03. The lowest BCUT2D eigenvalue weighted by atomic mass is 10.3. The molecule has 0 radical (unpaired) electrons. The molecule has 0 bridgehead atoms. The van der Waals surface area contributed by atoms with E-state index in [0.29, 0.717) is 18.9 Å². The molecule has 0 unspecified atom stereocenters. The molecule has 0 fully saturated rings. The summed E-state index contributed by atoms with van der Waals surface area (Å²) in [7, 11) is 0. The molecular formula is C17H18N2O4. The fourth-order valence-corrected chi connectivity index (χ4v) is 2.06. The van der Waals surface area contributed by atoms with Crippen molar-refractivity contribution in [1.82, 2.24) is 0 Å². The summed E-state index contributed by atoms with van der Waals surface area (Å²) in [5, 5.41) is 13.5. The summed E-state index contributed by atoms with van der Waals surface area (Å²) in [6, 6.07) is 10.3. The van der Waals surface area contributed by atoms with E-state index in [1.54, 1.807) is 41.1 Å². The van der Waals surface area contributed by atoms with Gasteiger partial charge in [-0.05, 0) is 30.3 Å². The largest absolute Gasteiger partial charge is 0.545 e. The number of aromatic nitrogens is 1. The SMILES string of the molecule is CC(=O)Nc1ccc(OCCC[n+]2cccc(C(=O)[O-])c2)cc1. The van der Waals surface area contributed by atoms with E-state index in [4.69, 9.17) is 4.74 Å². The number of anilines is 1. The molecule has 6 nitrogen and oxygen atoms in total. The number of aryl methyl sites for hydroxylation is 1. The molecule has 0 aliphatic heterocycles. The van der Waals surface area contributed by atoms with E-state index in [1.807, 2.05) is 0 Å². The summed E-state index contributed by atoms with van der Waals surface area (Å²) >= 11 is 0. The summed E-state index contributed by atoms with van der Waals surface area (Å²) in [6.45, 7) is 2.60. The lowest BCUT2D eigenvalue weighted by Crippen LogP contribution is -2.36. The molecule has 1 heterocycles. The zero-order valence-corrected chi connectivity index (χ0v) is 12.8. The van der Waals surface area contributed by atoms with Crippen LogP contribution in [0.3, 0.4) is 0 Å². The quantitative estimate of drug-likeness (QED) is 0.604. The van der Waals surface area contributed by atoms with Crippen LogP contribution in [-0.2, 0) is 11.3 Å². The molecule has 0 atom stereocenters. The van der Waals surface area contributed by atoms with Crippen molar-refractivity contribution in [2.45, 2.75) is 19.9 Å². The van der Waals surface area contributed by atoms with Gasteiger partial charge in [0.15, 0.2) is 18.9 Å². The smallest absolute Gasteiger partial charge is 0.221 e. The average molecular weight is 314 g/mol. The summed E-state index contributed by atoms with van der Waals surface area (Å²) in [4.78, 5) is 21.7. The van der Waals surface area contributed by atoms with Crippen molar-refractivity contribution in [3.05, 3.63) is 54.4 Å². The minimum atomic E-state index is -1.19. The molecule has 1 N–H and O–H groups in total. The van der Waals surface area contributed by atoms with Gasteiger partial charge in [0.05, 0.1) is 18.1 Å². The van der Waals surface area contributed by atoms with Gasteiger partial charge in [0, 0.05) is 25.1 Å². The Morgan fingerprint density at radius 2 is 1.96 bits per heavy atom. The predicted molar refractivity (Wildman–Crippen MR) is 81.8 cm³/mol. The van der Waals surface area contributed by atoms with Crippen molar-refractivity contribution in [2.75, 3.05) is 11.9 Å². The third kappa shape index (κ3) is 5.43. The number of carbonyl (C=O) groups excluding carboxylic acids is 2. The number of carboxylic acids is 1. The molecule has 0 saturated heterocycles. The van der Waals surface area contributed by atoms with Crippen LogP contribution in [0.2, 0.25) is 0 Å². The molecular weight excluding hydrogens is 296 g/mol. The standard InChI is InChI=1S/C17H18N2O4/c1-13(20)18-15-5-7-16(8-6-15)23-11-3-10-19-9-2-4-14(12-19)17(21)22/h2,4-9,12H,3,10-11H2,1H3,(H-,18,20,21,22). The Labute approximate surface area is 134 Å². The fourth-order valence-electron chi connectivity index (χ4n) is 2.06. The number of ether oxygens (including phenoxy) is 1. The zero-order valence-electron chi connectivity index (χ0n) is 12.8. The molecule has 120 valence electrons. The summed E-state index contributed by atoms with van der Waals surface area (Å²) < 4.78 is 7.40. The Balaban J connectivity index is 1.78. The molecule has 2 aromatic rings. The summed E-state index contributed by atoms with van der Waals surface area (Å²) in [5.41, 5.74) is 0.876. The van der Waals surface area contributed by atoms with E-state index in [9.17, 15) is 14.7 Å². The highest BCUT2D eigenvalue weighted by molar-refractivity contribution is 5.88. The maximum absolute atomic E-state index is 10.9. The third-order valence-corrected chi connectivity index (χ3v) is 3.10. The minimum Gasteiger partial charge on any atom is -0.545 e. The number of benzene rings is 1. The van der Waals surface area contributed by atoms with Crippen molar-refractivity contribution in [1.29, 1.82) is 0 Å². The normalized spacial score (nSPS) is 10.1. The van der Waals surface area contributed by atoms with E-state index in [0.717, 1.165) is 12.1 Å². The third-order valence-electron chi connectivity index (χ3n) is 3.10. The number of pyridine rings is 1. The zero-order chi connectivity index (χ0) is 16.7. The highest BCUT2D eigenvalue weighted by Crippen LogP contribution is 2.15. The number of hydrogen-bond donors (Lipinski definition) is 1. The summed E-state index contributed by atoms with van der Waals surface area (Å²) in [6.07, 6.45) is 4.07. The predicted octanol–water partition coefficient (Wildman–Crippen LogP) is 0.765. The highest BCUT2D eigenvalue weighted by Gasteiger charge is 2.04. The lowest BCUT2D eigenvalue weighted by Gasteiger charge is -2.07. The van der Waals surface area contributed by atoms with Gasteiger partial charge in [-0.3, -0.25) is 4.79 Å². The molecule has 23 heavy (non-hydrogen) atoms. The average Bonchev–Trinajstić information content (AvgIpc) is 2.53. The van der Waals surface area contributed by atoms with Crippen LogP contribution >= 0.6 is 0 Å². The van der Waals surface area contributed by atoms with Crippen molar-refractivity contribution in [3.63, 3.8) is 0 Å². The lowest BCUT2D eigenvalue weighted by molar-refractivity contribution is -0.697. The molecule has 0 saturated carbocycles. The van der Waals surface area contributed by atoms with Crippen LogP contribution in [0.25, 0.3) is 0 Å². The molecule has 0 spiro atoms. The van der Waals surface area contributed by atoms with Gasteiger partial charge < -0.3 is 20.0 Å². The first kappa shape index (κ1) is 16.5. The van der Waals surface area contributed by atoms with E-state index >= 15 is 0 Å². The van der Waals surface area contributed by atoms with Crippen LogP contribution in [0.4, 0.5) is 5.69 Å². The van der Waals surface area contributed by atoms with E-state index in [1.165, 1.54) is 19.2 Å². The number of rotatable bonds is 7. The molecule has 0 aliphatic carbocycles. The molecule has 0 aliphatic rings. The van der Waals surface area contributed by atoms with Crippen molar-refractivity contribution in [2.24, 2.45) is 0 Å². The Morgan fingerprint density at radius 1 is 1.22 bits per heavy atom. The summed E-state index contributed by atoms with van der Waals surface area (Å²) in [5.74, 6) is -0.586. The van der Waals surface area contributed by atoms with Gasteiger partial charge in [0.2, 0.25) is 5.91 Å². The number of carboxylic acid groups (broad SMARTS) is 1. The van der Waals surface area contributed by atoms with E-state index in [-0.39, 0.29) is 11.5 Å². The van der Waals surface area contributed by atoms with Crippen molar-refractivity contribution < 1.29 is 24.0 Å². The van der Waals surface area contributed by atoms with E-state index in [2.05, 4.69) is 5.32 Å². The Kier molecular flexibility index (Phi) is 5.68. The van der Waals surface area contributed by atoms with Crippen LogP contribution in [0, 0.1) is 0 Å². The first-order chi connectivity index (χ1) is 11.0. The highest BCUT2D eigenvalue weighted by atomic mass is 16.5. The second-order valence-electron chi connectivity index (χ2n) is 5.03. The molecule has 1 aromatic carbocycles. The number of hydrogen-bond acceptors (Lipinski definition) is 4. The number of nitrogens with one attached hydrogen (secondary N) is 1. The number of carbonyl (C=O) groups is 2. The van der Waals surface area contributed by atoms with Gasteiger partial charge in [0.1, 0.15) is 5.75 Å². The van der Waals surface area contributed by atoms with E-state index < -0.39 is 5.97 Å². The molecule has 1 aromatic heterocycles. The minimum absolute atomic E-state index is 0.116. The van der Waals surface area contributed by atoms with Crippen LogP contribution in [-0.4, -0.2) is 18.5 Å². The van der Waals surface area contributed by atoms with Crippen LogP contribution in [0.1, 0.15) is 23.7 Å². The maximum Gasteiger partial charge on any atom is 0.221 e. The topological polar surface area (TPSA) is 82.3 Å². The molecule has 2 rings (SSSR count). The van der Waals surface area contributed by atoms with Crippen LogP contribution < -0.4 is 19.7 Å². The Hall–Kier alpha value is -2.89. The second kappa shape index (κ2) is 7.93. The number of amides is 1. The Bertz CT molecular complexity index is 683. The fraction of sp³-hybridized carbons (Fsp3) is 0.235. The van der Waals surface area contributed by atoms with Crippen molar-refractivity contribution >= 4 is 17.6 Å². The first-order valence-electron chi connectivity index (χ1n) is 7.25. The van der Waals surface area contributed by atoms with Gasteiger partial charge >= 0.3 is 0 Å². The molecule has 6 heteroatoms. The van der Waals surface area contributed by atoms with Gasteiger partial charge in [0.25, 0.3) is 0 Å².